The average molecular weight is 541 g/mol. The lowest BCUT2D eigenvalue weighted by molar-refractivity contribution is -0.134. The third-order valence-electron chi connectivity index (χ3n) is 4.54. The number of hydrogen-bond acceptors (Lipinski definition) is 5. The topological polar surface area (TPSA) is 76.2 Å². The van der Waals surface area contributed by atoms with Gasteiger partial charge in [-0.15, -0.1) is 0 Å². The van der Waals surface area contributed by atoms with E-state index >= 15 is 0 Å². The van der Waals surface area contributed by atoms with Gasteiger partial charge in [-0.1, -0.05) is 29.8 Å². The first-order valence-corrected chi connectivity index (χ1v) is 10.3. The van der Waals surface area contributed by atoms with Gasteiger partial charge >= 0.3 is 6.03 Å². The monoisotopic (exact) mass is 540 g/mol. The molecule has 1 fully saturated rings. The molecule has 1 aliphatic rings. The van der Waals surface area contributed by atoms with Gasteiger partial charge in [-0.2, -0.15) is 0 Å². The fourth-order valence-corrected chi connectivity index (χ4v) is 3.84. The molecule has 0 bridgehead atoms. The minimum atomic E-state index is -0.669. The summed E-state index contributed by atoms with van der Waals surface area (Å²) in [6, 6.07) is 10.1. The first-order valence-electron chi connectivity index (χ1n) is 8.80. The van der Waals surface area contributed by atoms with Crippen LogP contribution in [0.15, 0.2) is 42.0 Å². The second-order valence-electron chi connectivity index (χ2n) is 6.48. The molecule has 30 heavy (non-hydrogen) atoms. The molecule has 3 rings (SSSR count). The molecule has 0 unspecified atom stereocenters. The summed E-state index contributed by atoms with van der Waals surface area (Å²) >= 11 is 8.27. The van der Waals surface area contributed by atoms with Crippen molar-refractivity contribution in [3.8, 4) is 11.5 Å². The summed E-state index contributed by atoms with van der Waals surface area (Å²) in [6.07, 6.45) is 1.44. The number of methoxy groups -OCH3 is 1. The lowest BCUT2D eigenvalue weighted by Gasteiger charge is -2.28. The lowest BCUT2D eigenvalue weighted by Crippen LogP contribution is -2.52. The third kappa shape index (κ3) is 4.29. The summed E-state index contributed by atoms with van der Waals surface area (Å²) in [7, 11) is 4.16. The van der Waals surface area contributed by atoms with Crippen LogP contribution in [0.4, 0.5) is 4.79 Å². The van der Waals surface area contributed by atoms with Gasteiger partial charge in [0, 0.05) is 24.7 Å². The number of carbonyl (C=O) groups excluding carboxylic acids is 3. The molecule has 0 atom stereocenters. The molecule has 9 heteroatoms. The van der Waals surface area contributed by atoms with Crippen LogP contribution in [-0.4, -0.2) is 48.9 Å². The Morgan fingerprint density at radius 1 is 1.07 bits per heavy atom. The maximum atomic E-state index is 12.4. The third-order valence-corrected chi connectivity index (χ3v) is 5.71. The van der Waals surface area contributed by atoms with Gasteiger partial charge < -0.3 is 9.47 Å². The van der Waals surface area contributed by atoms with E-state index in [0.29, 0.717) is 22.1 Å². The van der Waals surface area contributed by atoms with Crippen molar-refractivity contribution >= 4 is 58.1 Å². The van der Waals surface area contributed by atoms with Gasteiger partial charge in [-0.3, -0.25) is 19.4 Å². The number of halogens is 2. The quantitative estimate of drug-likeness (QED) is 0.326. The highest BCUT2D eigenvalue weighted by Crippen LogP contribution is 2.36. The number of barbiturate groups is 1. The van der Waals surface area contributed by atoms with Crippen molar-refractivity contribution in [1.82, 2.24) is 9.80 Å². The van der Waals surface area contributed by atoms with Crippen LogP contribution < -0.4 is 9.47 Å². The van der Waals surface area contributed by atoms with E-state index in [9.17, 15) is 14.4 Å². The molecule has 7 nitrogen and oxygen atoms in total. The highest BCUT2D eigenvalue weighted by molar-refractivity contribution is 14.1. The van der Waals surface area contributed by atoms with Gasteiger partial charge in [0.2, 0.25) is 0 Å². The normalized spacial score (nSPS) is 14.3. The molecule has 1 aliphatic heterocycles. The maximum Gasteiger partial charge on any atom is 0.333 e. The number of rotatable bonds is 5. The molecule has 0 N–H and O–H groups in total. The minimum Gasteiger partial charge on any atom is -0.493 e. The van der Waals surface area contributed by atoms with Crippen LogP contribution in [-0.2, 0) is 16.2 Å². The number of amides is 4. The molecule has 0 spiro atoms. The van der Waals surface area contributed by atoms with Crippen LogP contribution in [0, 0.1) is 3.57 Å². The number of nitrogens with zero attached hydrogens (tertiary/aromatic N) is 2. The molecule has 156 valence electrons. The largest absolute Gasteiger partial charge is 0.493 e. The van der Waals surface area contributed by atoms with Crippen molar-refractivity contribution in [2.75, 3.05) is 21.2 Å². The van der Waals surface area contributed by atoms with Gasteiger partial charge in [-0.05, 0) is 52.4 Å². The Labute approximate surface area is 192 Å². The number of hydrogen-bond donors (Lipinski definition) is 0. The predicted octanol–water partition coefficient (Wildman–Crippen LogP) is 3.97. The molecule has 2 aromatic rings. The molecular weight excluding hydrogens is 523 g/mol. The van der Waals surface area contributed by atoms with Crippen molar-refractivity contribution in [2.45, 2.75) is 6.61 Å². The van der Waals surface area contributed by atoms with Crippen LogP contribution in [0.3, 0.4) is 0 Å². The van der Waals surface area contributed by atoms with Crippen molar-refractivity contribution in [3.63, 3.8) is 0 Å². The molecule has 2 aromatic carbocycles. The summed E-state index contributed by atoms with van der Waals surface area (Å²) in [5, 5.41) is 0.602. The number of ether oxygens (including phenoxy) is 2. The standard InChI is InChI=1S/C21H18ClIN2O5/c1-24-19(26)14(20(27)25(2)21(24)28)8-12-9-16(23)18(17(10-12)29-3)30-11-13-6-4-5-7-15(13)22/h4-10H,11H2,1-3H3. The summed E-state index contributed by atoms with van der Waals surface area (Å²) in [4.78, 5) is 38.5. The van der Waals surface area contributed by atoms with Gasteiger partial charge in [-0.25, -0.2) is 4.79 Å². The number of benzene rings is 2. The second kappa shape index (κ2) is 9.05. The van der Waals surface area contributed by atoms with E-state index in [0.717, 1.165) is 18.9 Å². The van der Waals surface area contributed by atoms with Crippen LogP contribution >= 0.6 is 34.2 Å². The molecule has 1 saturated heterocycles. The number of likely N-dealkylation sites (N-methyl/N-ethyl adjacent to an activating group) is 2. The Morgan fingerprint density at radius 2 is 1.70 bits per heavy atom. The van der Waals surface area contributed by atoms with E-state index in [1.807, 2.05) is 18.2 Å². The Morgan fingerprint density at radius 3 is 2.30 bits per heavy atom. The van der Waals surface area contributed by atoms with Crippen LogP contribution in [0.1, 0.15) is 11.1 Å². The Hall–Kier alpha value is -2.59. The predicted molar refractivity (Wildman–Crippen MR) is 120 cm³/mol. The molecule has 0 aromatic heterocycles. The molecule has 0 radical (unpaired) electrons. The summed E-state index contributed by atoms with van der Waals surface area (Å²) < 4.78 is 12.1. The fraction of sp³-hybridized carbons (Fsp3) is 0.190. The van der Waals surface area contributed by atoms with Gasteiger partial charge in [0.05, 0.1) is 10.7 Å². The van der Waals surface area contributed by atoms with Crippen molar-refractivity contribution in [3.05, 3.63) is 61.7 Å². The molecule has 0 aliphatic carbocycles. The van der Waals surface area contributed by atoms with E-state index in [-0.39, 0.29) is 12.2 Å². The van der Waals surface area contributed by atoms with Crippen LogP contribution in [0.25, 0.3) is 6.08 Å². The summed E-state index contributed by atoms with van der Waals surface area (Å²) in [6.45, 7) is 0.251. The van der Waals surface area contributed by atoms with E-state index in [1.165, 1.54) is 27.3 Å². The second-order valence-corrected chi connectivity index (χ2v) is 8.05. The van der Waals surface area contributed by atoms with Gasteiger partial charge in [0.25, 0.3) is 11.8 Å². The molecule has 1 heterocycles. The molecule has 0 saturated carbocycles. The van der Waals surface area contributed by atoms with Crippen molar-refractivity contribution in [2.24, 2.45) is 0 Å². The molecular formula is C21H18ClIN2O5. The zero-order valence-electron chi connectivity index (χ0n) is 16.4. The Bertz CT molecular complexity index is 1040. The van der Waals surface area contributed by atoms with Crippen LogP contribution in [0.5, 0.6) is 11.5 Å². The van der Waals surface area contributed by atoms with Gasteiger partial charge in [0.1, 0.15) is 12.2 Å². The highest BCUT2D eigenvalue weighted by atomic mass is 127. The number of imide groups is 2. The number of carbonyl (C=O) groups is 3. The zero-order chi connectivity index (χ0) is 22.0. The van der Waals surface area contributed by atoms with E-state index in [4.69, 9.17) is 21.1 Å². The van der Waals surface area contributed by atoms with Crippen molar-refractivity contribution < 1.29 is 23.9 Å². The van der Waals surface area contributed by atoms with Crippen molar-refractivity contribution in [1.29, 1.82) is 0 Å². The Kier molecular flexibility index (Phi) is 6.67. The Balaban J connectivity index is 1.93. The summed E-state index contributed by atoms with van der Waals surface area (Å²) in [5.41, 5.74) is 1.29. The average Bonchev–Trinajstić information content (AvgIpc) is 2.74. The number of urea groups is 1. The first-order chi connectivity index (χ1) is 14.2. The maximum absolute atomic E-state index is 12.4. The van der Waals surface area contributed by atoms with Gasteiger partial charge in [0.15, 0.2) is 11.5 Å². The van der Waals surface area contributed by atoms with Crippen LogP contribution in [0.2, 0.25) is 5.02 Å². The summed E-state index contributed by atoms with van der Waals surface area (Å²) in [5.74, 6) is -0.354. The highest BCUT2D eigenvalue weighted by Gasteiger charge is 2.37. The first kappa shape index (κ1) is 22.1. The fourth-order valence-electron chi connectivity index (χ4n) is 2.87. The zero-order valence-corrected chi connectivity index (χ0v) is 19.4. The van der Waals surface area contributed by atoms with E-state index in [1.54, 1.807) is 18.2 Å². The van der Waals surface area contributed by atoms with E-state index in [2.05, 4.69) is 22.6 Å². The lowest BCUT2D eigenvalue weighted by atomic mass is 10.1. The SMILES string of the molecule is COc1cc(C=C2C(=O)N(C)C(=O)N(C)C2=O)cc(I)c1OCc1ccccc1Cl. The molecule has 4 amide bonds. The van der Waals surface area contributed by atoms with E-state index < -0.39 is 17.8 Å². The smallest absolute Gasteiger partial charge is 0.333 e. The minimum absolute atomic E-state index is 0.109.